The van der Waals surface area contributed by atoms with Crippen LogP contribution in [0.1, 0.15) is 5.56 Å². The predicted molar refractivity (Wildman–Crippen MR) is 120 cm³/mol. The highest BCUT2D eigenvalue weighted by Gasteiger charge is 2.18. The minimum atomic E-state index is -3.80. The first-order valence-corrected chi connectivity index (χ1v) is 11.5. The van der Waals surface area contributed by atoms with Crippen LogP contribution in [0.15, 0.2) is 65.0 Å². The summed E-state index contributed by atoms with van der Waals surface area (Å²) in [6, 6.07) is 12.6. The number of nitrogens with one attached hydrogen (secondary N) is 2. The fourth-order valence-electron chi connectivity index (χ4n) is 2.56. The van der Waals surface area contributed by atoms with Crippen molar-refractivity contribution in [3.05, 3.63) is 65.7 Å². The molecule has 1 aromatic carbocycles. The number of aromatic nitrogens is 4. The predicted octanol–water partition coefficient (Wildman–Crippen LogP) is 3.22. The van der Waals surface area contributed by atoms with E-state index in [-0.39, 0.29) is 22.6 Å². The van der Waals surface area contributed by atoms with E-state index < -0.39 is 16.1 Å². The quantitative estimate of drug-likeness (QED) is 0.384. The maximum absolute atomic E-state index is 12.5. The van der Waals surface area contributed by atoms with Crippen LogP contribution in [0.2, 0.25) is 0 Å². The number of sulfonamides is 1. The molecular formula is C19H17N7O4S2. The van der Waals surface area contributed by atoms with Gasteiger partial charge in [0.05, 0.1) is 4.90 Å². The molecular weight excluding hydrogens is 454 g/mol. The summed E-state index contributed by atoms with van der Waals surface area (Å²) >= 11 is 1.27. The average Bonchev–Trinajstić information content (AvgIpc) is 3.33. The van der Waals surface area contributed by atoms with E-state index in [0.29, 0.717) is 10.8 Å². The Hall–Kier alpha value is -3.97. The van der Waals surface area contributed by atoms with E-state index in [1.54, 1.807) is 23.6 Å². The third-order valence-electron chi connectivity index (χ3n) is 4.12. The molecule has 0 saturated carbocycles. The number of pyridine rings is 1. The van der Waals surface area contributed by atoms with Crippen LogP contribution < -0.4 is 20.5 Å². The maximum atomic E-state index is 12.5. The number of rotatable bonds is 6. The number of nitrogens with zero attached hydrogens (tertiary/aromatic N) is 4. The molecule has 0 aliphatic heterocycles. The van der Waals surface area contributed by atoms with Gasteiger partial charge in [0.15, 0.2) is 5.06 Å². The molecule has 164 valence electrons. The molecule has 4 N–H and O–H groups in total. The Morgan fingerprint density at radius 2 is 1.94 bits per heavy atom. The van der Waals surface area contributed by atoms with Gasteiger partial charge in [0.1, 0.15) is 5.82 Å². The summed E-state index contributed by atoms with van der Waals surface area (Å²) in [5.74, 6) is 0.0968. The summed E-state index contributed by atoms with van der Waals surface area (Å²) in [6.07, 6.45) is 0.690. The summed E-state index contributed by atoms with van der Waals surface area (Å²) in [5, 5.41) is 9.10. The van der Waals surface area contributed by atoms with Crippen molar-refractivity contribution in [2.75, 3.05) is 15.8 Å². The molecule has 11 nitrogen and oxygen atoms in total. The van der Waals surface area contributed by atoms with Gasteiger partial charge in [-0.25, -0.2) is 18.2 Å². The standard InChI is InChI=1S/C19H17N7O4S2/c1-12-9-11-31-16(12)30-19(27)26-17(20)23-18(24-26)22-13-5-7-14(8-6-13)32(28,29)25-15-4-2-3-10-21-15/h2-11H,1H3,(H,21,25)(H3,20,22,23,24). The molecule has 0 bridgehead atoms. The second-order valence-corrected chi connectivity index (χ2v) is 9.00. The monoisotopic (exact) mass is 471 g/mol. The number of nitrogen functional groups attached to an aromatic ring is 1. The lowest BCUT2D eigenvalue weighted by Crippen LogP contribution is -2.20. The Morgan fingerprint density at radius 1 is 1.16 bits per heavy atom. The molecule has 0 aliphatic rings. The summed E-state index contributed by atoms with van der Waals surface area (Å²) in [4.78, 5) is 20.3. The van der Waals surface area contributed by atoms with Crippen molar-refractivity contribution < 1.29 is 17.9 Å². The molecule has 0 aliphatic carbocycles. The lowest BCUT2D eigenvalue weighted by atomic mass is 10.3. The number of carbonyl (C=O) groups excluding carboxylic acids is 1. The molecule has 0 fully saturated rings. The van der Waals surface area contributed by atoms with E-state index >= 15 is 0 Å². The van der Waals surface area contributed by atoms with Crippen LogP contribution in [-0.4, -0.2) is 34.3 Å². The first kappa shape index (κ1) is 21.3. The molecule has 4 aromatic rings. The summed E-state index contributed by atoms with van der Waals surface area (Å²) in [6.45, 7) is 1.81. The Labute approximate surface area is 186 Å². The fraction of sp³-hybridized carbons (Fsp3) is 0.0526. The Bertz CT molecular complexity index is 1350. The number of thiophene rings is 1. The highest BCUT2D eigenvalue weighted by molar-refractivity contribution is 7.92. The van der Waals surface area contributed by atoms with E-state index in [9.17, 15) is 13.2 Å². The van der Waals surface area contributed by atoms with Gasteiger partial charge in [-0.15, -0.1) is 21.1 Å². The molecule has 0 saturated heterocycles. The number of hydrogen-bond acceptors (Lipinski definition) is 10. The zero-order valence-electron chi connectivity index (χ0n) is 16.6. The molecule has 0 atom stereocenters. The lowest BCUT2D eigenvalue weighted by Gasteiger charge is -2.08. The second-order valence-electron chi connectivity index (χ2n) is 6.43. The van der Waals surface area contributed by atoms with Gasteiger partial charge in [0.25, 0.3) is 10.0 Å². The van der Waals surface area contributed by atoms with Crippen LogP contribution in [0.3, 0.4) is 0 Å². The number of ether oxygens (including phenoxy) is 1. The van der Waals surface area contributed by atoms with Crippen molar-refractivity contribution in [2.45, 2.75) is 11.8 Å². The fourth-order valence-corrected chi connectivity index (χ4v) is 4.34. The van der Waals surface area contributed by atoms with Crippen LogP contribution in [0, 0.1) is 6.92 Å². The van der Waals surface area contributed by atoms with Gasteiger partial charge in [0.2, 0.25) is 11.9 Å². The molecule has 32 heavy (non-hydrogen) atoms. The first-order valence-electron chi connectivity index (χ1n) is 9.11. The van der Waals surface area contributed by atoms with Gasteiger partial charge in [0, 0.05) is 17.4 Å². The van der Waals surface area contributed by atoms with Crippen LogP contribution in [-0.2, 0) is 10.0 Å². The van der Waals surface area contributed by atoms with E-state index in [1.165, 1.54) is 41.8 Å². The molecule has 4 rings (SSSR count). The largest absolute Gasteiger partial charge is 0.444 e. The molecule has 0 radical (unpaired) electrons. The molecule has 3 heterocycles. The average molecular weight is 472 g/mol. The summed E-state index contributed by atoms with van der Waals surface area (Å²) < 4.78 is 33.5. The van der Waals surface area contributed by atoms with Crippen molar-refractivity contribution in [2.24, 2.45) is 0 Å². The number of aryl methyl sites for hydroxylation is 1. The van der Waals surface area contributed by atoms with Crippen LogP contribution in [0.4, 0.5) is 28.2 Å². The minimum absolute atomic E-state index is 0.0431. The lowest BCUT2D eigenvalue weighted by molar-refractivity contribution is 0.200. The van der Waals surface area contributed by atoms with Crippen LogP contribution in [0.5, 0.6) is 5.06 Å². The summed E-state index contributed by atoms with van der Waals surface area (Å²) in [5.41, 5.74) is 7.08. The van der Waals surface area contributed by atoms with Gasteiger partial charge in [-0.1, -0.05) is 6.07 Å². The third-order valence-corrected chi connectivity index (χ3v) is 6.39. The zero-order chi connectivity index (χ0) is 22.7. The number of benzene rings is 1. The van der Waals surface area contributed by atoms with Crippen molar-refractivity contribution in [3.63, 3.8) is 0 Å². The van der Waals surface area contributed by atoms with E-state index in [1.807, 2.05) is 13.0 Å². The Balaban J connectivity index is 1.45. The van der Waals surface area contributed by atoms with Gasteiger partial charge < -0.3 is 15.8 Å². The topological polar surface area (TPSA) is 154 Å². The number of hydrogen-bond donors (Lipinski definition) is 3. The molecule has 0 spiro atoms. The summed E-state index contributed by atoms with van der Waals surface area (Å²) in [7, 11) is -3.80. The van der Waals surface area contributed by atoms with Crippen molar-refractivity contribution in [1.82, 2.24) is 19.7 Å². The third kappa shape index (κ3) is 4.68. The molecule has 3 aromatic heterocycles. The smallest absolute Gasteiger partial charge is 0.397 e. The second kappa shape index (κ2) is 8.64. The first-order chi connectivity index (χ1) is 15.3. The minimum Gasteiger partial charge on any atom is -0.397 e. The van der Waals surface area contributed by atoms with E-state index in [4.69, 9.17) is 10.5 Å². The van der Waals surface area contributed by atoms with Gasteiger partial charge >= 0.3 is 6.09 Å². The number of carbonyl (C=O) groups is 1. The molecule has 0 unspecified atom stereocenters. The maximum Gasteiger partial charge on any atom is 0.444 e. The van der Waals surface area contributed by atoms with Gasteiger partial charge in [-0.2, -0.15) is 4.98 Å². The highest BCUT2D eigenvalue weighted by atomic mass is 32.2. The van der Waals surface area contributed by atoms with Crippen LogP contribution >= 0.6 is 11.3 Å². The number of nitrogens with two attached hydrogens (primary N) is 1. The van der Waals surface area contributed by atoms with Crippen molar-refractivity contribution in [3.8, 4) is 5.06 Å². The molecule has 13 heteroatoms. The van der Waals surface area contributed by atoms with E-state index in [2.05, 4.69) is 25.1 Å². The van der Waals surface area contributed by atoms with Crippen molar-refractivity contribution in [1.29, 1.82) is 0 Å². The van der Waals surface area contributed by atoms with E-state index in [0.717, 1.165) is 10.2 Å². The van der Waals surface area contributed by atoms with Crippen LogP contribution in [0.25, 0.3) is 0 Å². The zero-order valence-corrected chi connectivity index (χ0v) is 18.2. The highest BCUT2D eigenvalue weighted by Crippen LogP contribution is 2.26. The SMILES string of the molecule is Cc1ccsc1OC(=O)n1nc(Nc2ccc(S(=O)(=O)Nc3ccccn3)cc2)nc1N. The number of anilines is 4. The van der Waals surface area contributed by atoms with Crippen molar-refractivity contribution >= 4 is 50.9 Å². The Kier molecular flexibility index (Phi) is 5.75. The van der Waals surface area contributed by atoms with Gasteiger partial charge in [-0.3, -0.25) is 4.72 Å². The van der Waals surface area contributed by atoms with Gasteiger partial charge in [-0.05, 0) is 54.8 Å². The molecule has 0 amide bonds. The Morgan fingerprint density at radius 3 is 2.59 bits per heavy atom. The normalized spacial score (nSPS) is 11.2.